The minimum atomic E-state index is -0.241. The van der Waals surface area contributed by atoms with Gasteiger partial charge in [-0.2, -0.15) is 11.3 Å². The van der Waals surface area contributed by atoms with Crippen LogP contribution in [0.5, 0.6) is 0 Å². The van der Waals surface area contributed by atoms with Gasteiger partial charge in [-0.25, -0.2) is 9.97 Å². The molecule has 1 saturated heterocycles. The van der Waals surface area contributed by atoms with E-state index < -0.39 is 0 Å². The number of anilines is 1. The van der Waals surface area contributed by atoms with Crippen LogP contribution in [-0.4, -0.2) is 39.8 Å². The zero-order chi connectivity index (χ0) is 19.5. The number of aromatic nitrogens is 2. The van der Waals surface area contributed by atoms with Crippen LogP contribution in [0.25, 0.3) is 10.6 Å². The summed E-state index contributed by atoms with van der Waals surface area (Å²) in [5.74, 6) is 0.111. The van der Waals surface area contributed by atoms with Crippen LogP contribution in [0, 0.1) is 12.8 Å². The Labute approximate surface area is 171 Å². The average Bonchev–Trinajstić information content (AvgIpc) is 3.39. The van der Waals surface area contributed by atoms with E-state index in [2.05, 4.69) is 15.3 Å². The van der Waals surface area contributed by atoms with Crippen LogP contribution in [0.4, 0.5) is 5.82 Å². The fourth-order valence-electron chi connectivity index (χ4n) is 3.27. The van der Waals surface area contributed by atoms with Gasteiger partial charge in [0.05, 0.1) is 5.92 Å². The summed E-state index contributed by atoms with van der Waals surface area (Å²) in [7, 11) is 0. The van der Waals surface area contributed by atoms with Gasteiger partial charge in [0.25, 0.3) is 5.91 Å². The quantitative estimate of drug-likeness (QED) is 0.701. The molecule has 0 radical (unpaired) electrons. The number of thiophene rings is 1. The normalized spacial score (nSPS) is 16.8. The number of hydrogen-bond acceptors (Lipinski definition) is 6. The Morgan fingerprint density at radius 2 is 2.11 bits per heavy atom. The minimum absolute atomic E-state index is 0.0900. The second kappa shape index (κ2) is 8.20. The maximum Gasteiger partial charge on any atom is 0.273 e. The van der Waals surface area contributed by atoms with Crippen molar-refractivity contribution < 1.29 is 9.59 Å². The molecule has 144 valence electrons. The van der Waals surface area contributed by atoms with Gasteiger partial charge in [-0.1, -0.05) is 6.07 Å². The second-order valence-electron chi connectivity index (χ2n) is 6.79. The summed E-state index contributed by atoms with van der Waals surface area (Å²) in [6, 6.07) is 7.52. The lowest BCUT2D eigenvalue weighted by molar-refractivity contribution is -0.121. The Kier molecular flexibility index (Phi) is 5.50. The van der Waals surface area contributed by atoms with Crippen molar-refractivity contribution in [2.45, 2.75) is 19.8 Å². The monoisotopic (exact) mass is 412 g/mol. The summed E-state index contributed by atoms with van der Waals surface area (Å²) in [4.78, 5) is 36.1. The molecule has 4 heterocycles. The molecular weight excluding hydrogens is 392 g/mol. The first-order chi connectivity index (χ1) is 13.6. The zero-order valence-corrected chi connectivity index (χ0v) is 17.1. The largest absolute Gasteiger partial charge is 0.336 e. The number of nitrogens with one attached hydrogen (secondary N) is 1. The predicted octanol–water partition coefficient (Wildman–Crippen LogP) is 4.07. The molecule has 28 heavy (non-hydrogen) atoms. The van der Waals surface area contributed by atoms with E-state index in [1.54, 1.807) is 27.7 Å². The lowest BCUT2D eigenvalue weighted by atomic mass is 9.97. The number of rotatable bonds is 4. The Morgan fingerprint density at radius 1 is 1.21 bits per heavy atom. The molecule has 0 aromatic carbocycles. The number of carbonyl (C=O) groups is 2. The molecule has 0 spiro atoms. The van der Waals surface area contributed by atoms with Gasteiger partial charge in [0, 0.05) is 35.1 Å². The van der Waals surface area contributed by atoms with E-state index in [-0.39, 0.29) is 17.7 Å². The van der Waals surface area contributed by atoms with Gasteiger partial charge in [-0.15, -0.1) is 11.3 Å². The van der Waals surface area contributed by atoms with Crippen LogP contribution in [0.1, 0.15) is 29.0 Å². The van der Waals surface area contributed by atoms with E-state index in [0.29, 0.717) is 24.6 Å². The van der Waals surface area contributed by atoms with Gasteiger partial charge in [0.1, 0.15) is 16.5 Å². The van der Waals surface area contributed by atoms with Gasteiger partial charge in [0.15, 0.2) is 0 Å². The SMILES string of the molecule is Cc1cccc(NC(=O)C2CCCN(C(=O)c3csc(-c4ccsc4)n3)C2)n1. The van der Waals surface area contributed by atoms with E-state index in [1.807, 2.05) is 35.9 Å². The number of pyridine rings is 1. The van der Waals surface area contributed by atoms with Gasteiger partial charge < -0.3 is 10.2 Å². The van der Waals surface area contributed by atoms with Crippen molar-refractivity contribution in [2.75, 3.05) is 18.4 Å². The number of aryl methyl sites for hydroxylation is 1. The van der Waals surface area contributed by atoms with Gasteiger partial charge >= 0.3 is 0 Å². The fraction of sp³-hybridized carbons (Fsp3) is 0.300. The summed E-state index contributed by atoms with van der Waals surface area (Å²) >= 11 is 3.08. The highest BCUT2D eigenvalue weighted by Crippen LogP contribution is 2.27. The number of hydrogen-bond donors (Lipinski definition) is 1. The molecule has 0 aliphatic carbocycles. The molecule has 3 aromatic heterocycles. The van der Waals surface area contributed by atoms with Crippen LogP contribution in [0.2, 0.25) is 0 Å². The van der Waals surface area contributed by atoms with Gasteiger partial charge in [-0.3, -0.25) is 9.59 Å². The number of likely N-dealkylation sites (tertiary alicyclic amines) is 1. The first kappa shape index (κ1) is 18.8. The molecule has 8 heteroatoms. The molecule has 1 N–H and O–H groups in total. The number of thiazole rings is 1. The Hall–Kier alpha value is -2.58. The third-order valence-electron chi connectivity index (χ3n) is 4.71. The highest BCUT2D eigenvalue weighted by atomic mass is 32.1. The molecule has 0 saturated carbocycles. The summed E-state index contributed by atoms with van der Waals surface area (Å²) < 4.78 is 0. The molecule has 1 aliphatic heterocycles. The van der Waals surface area contributed by atoms with E-state index >= 15 is 0 Å². The van der Waals surface area contributed by atoms with Crippen LogP contribution in [0.15, 0.2) is 40.4 Å². The van der Waals surface area contributed by atoms with Crippen molar-refractivity contribution in [3.8, 4) is 10.6 Å². The van der Waals surface area contributed by atoms with Gasteiger partial charge in [-0.05, 0) is 43.3 Å². The molecular formula is C20H20N4O2S2. The Bertz CT molecular complexity index is 984. The molecule has 4 rings (SSSR count). The number of nitrogens with zero attached hydrogens (tertiary/aromatic N) is 3. The second-order valence-corrected chi connectivity index (χ2v) is 8.43. The van der Waals surface area contributed by atoms with Crippen molar-refractivity contribution >= 4 is 40.3 Å². The first-order valence-electron chi connectivity index (χ1n) is 9.12. The molecule has 1 atom stereocenters. The third-order valence-corrected chi connectivity index (χ3v) is 6.29. The summed E-state index contributed by atoms with van der Waals surface area (Å²) in [6.07, 6.45) is 1.56. The first-order valence-corrected chi connectivity index (χ1v) is 10.9. The molecule has 1 unspecified atom stereocenters. The maximum absolute atomic E-state index is 12.9. The molecule has 3 aromatic rings. The maximum atomic E-state index is 12.9. The van der Waals surface area contributed by atoms with Crippen LogP contribution in [0.3, 0.4) is 0 Å². The predicted molar refractivity (Wildman–Crippen MR) is 112 cm³/mol. The lowest BCUT2D eigenvalue weighted by Gasteiger charge is -2.31. The van der Waals surface area contributed by atoms with E-state index in [9.17, 15) is 9.59 Å². The zero-order valence-electron chi connectivity index (χ0n) is 15.4. The highest BCUT2D eigenvalue weighted by molar-refractivity contribution is 7.14. The van der Waals surface area contributed by atoms with Crippen molar-refractivity contribution in [3.05, 3.63) is 51.8 Å². The number of amides is 2. The standard InChI is InChI=1S/C20H20N4O2S2/c1-13-4-2-6-17(21-13)23-18(25)14-5-3-8-24(10-14)20(26)16-12-28-19(22-16)15-7-9-27-11-15/h2,4,6-7,9,11-12,14H,3,5,8,10H2,1H3,(H,21,23,25). The summed E-state index contributed by atoms with van der Waals surface area (Å²) in [6.45, 7) is 2.94. The highest BCUT2D eigenvalue weighted by Gasteiger charge is 2.30. The molecule has 6 nitrogen and oxygen atoms in total. The van der Waals surface area contributed by atoms with Crippen molar-refractivity contribution in [1.82, 2.24) is 14.9 Å². The average molecular weight is 413 g/mol. The van der Waals surface area contributed by atoms with Crippen LogP contribution < -0.4 is 5.32 Å². The summed E-state index contributed by atoms with van der Waals surface area (Å²) in [5.41, 5.74) is 2.34. The number of piperidine rings is 1. The third kappa shape index (κ3) is 4.13. The molecule has 0 bridgehead atoms. The van der Waals surface area contributed by atoms with E-state index in [4.69, 9.17) is 0 Å². The lowest BCUT2D eigenvalue weighted by Crippen LogP contribution is -2.44. The van der Waals surface area contributed by atoms with E-state index in [1.165, 1.54) is 11.3 Å². The van der Waals surface area contributed by atoms with E-state index in [0.717, 1.165) is 29.1 Å². The minimum Gasteiger partial charge on any atom is -0.336 e. The van der Waals surface area contributed by atoms with Gasteiger partial charge in [0.2, 0.25) is 5.91 Å². The smallest absolute Gasteiger partial charge is 0.273 e. The van der Waals surface area contributed by atoms with Crippen LogP contribution >= 0.6 is 22.7 Å². The number of carbonyl (C=O) groups excluding carboxylic acids is 2. The summed E-state index contributed by atoms with van der Waals surface area (Å²) in [5, 5.41) is 9.54. The van der Waals surface area contributed by atoms with Crippen molar-refractivity contribution in [3.63, 3.8) is 0 Å². The molecule has 2 amide bonds. The van der Waals surface area contributed by atoms with Crippen molar-refractivity contribution in [2.24, 2.45) is 5.92 Å². The van der Waals surface area contributed by atoms with Crippen molar-refractivity contribution in [1.29, 1.82) is 0 Å². The van der Waals surface area contributed by atoms with Crippen LogP contribution in [-0.2, 0) is 4.79 Å². The molecule has 1 fully saturated rings. The Morgan fingerprint density at radius 3 is 2.89 bits per heavy atom. The molecule has 1 aliphatic rings. The topological polar surface area (TPSA) is 75.2 Å². The fourth-order valence-corrected chi connectivity index (χ4v) is 4.78. The Balaban J connectivity index is 1.42.